The second-order valence-corrected chi connectivity index (χ2v) is 8.13. The number of halogens is 2. The third kappa shape index (κ3) is 5.07. The Morgan fingerprint density at radius 1 is 1.26 bits per heavy atom. The summed E-state index contributed by atoms with van der Waals surface area (Å²) in [6.07, 6.45) is 1.07. The van der Waals surface area contributed by atoms with Crippen LogP contribution in [0.2, 0.25) is 0 Å². The molecular weight excluding hydrogens is 408 g/mol. The first-order chi connectivity index (χ1) is 14.8. The summed E-state index contributed by atoms with van der Waals surface area (Å²) in [5, 5.41) is 7.84. The lowest BCUT2D eigenvalue weighted by Gasteiger charge is -2.25. The van der Waals surface area contributed by atoms with Crippen LogP contribution in [0.15, 0.2) is 30.5 Å². The molecule has 0 radical (unpaired) electrons. The van der Waals surface area contributed by atoms with Crippen molar-refractivity contribution in [2.45, 2.75) is 38.3 Å². The lowest BCUT2D eigenvalue weighted by Crippen LogP contribution is -2.41. The molecule has 2 aliphatic heterocycles. The molecule has 1 aromatic carbocycles. The van der Waals surface area contributed by atoms with Crippen molar-refractivity contribution in [2.75, 3.05) is 32.8 Å². The van der Waals surface area contributed by atoms with Crippen molar-refractivity contribution in [3.63, 3.8) is 0 Å². The molecule has 2 fully saturated rings. The molecule has 3 heterocycles. The normalized spacial score (nSPS) is 20.8. The predicted octanol–water partition coefficient (Wildman–Crippen LogP) is 1.54. The molecule has 0 aliphatic carbocycles. The van der Waals surface area contributed by atoms with Crippen molar-refractivity contribution in [1.29, 1.82) is 0 Å². The van der Waals surface area contributed by atoms with E-state index in [2.05, 4.69) is 10.3 Å². The highest BCUT2D eigenvalue weighted by Gasteiger charge is 2.47. The topological polar surface area (TPSA) is 80.6 Å². The lowest BCUT2D eigenvalue weighted by molar-refractivity contribution is -0.132. The maximum Gasteiger partial charge on any atom is 0.276 e. The molecule has 0 bridgehead atoms. The van der Waals surface area contributed by atoms with Crippen LogP contribution in [0.1, 0.15) is 28.0 Å². The van der Waals surface area contributed by atoms with Crippen molar-refractivity contribution in [3.8, 4) is 0 Å². The van der Waals surface area contributed by atoms with Crippen LogP contribution in [0.4, 0.5) is 8.78 Å². The van der Waals surface area contributed by atoms with Gasteiger partial charge in [-0.05, 0) is 12.5 Å². The highest BCUT2D eigenvalue weighted by molar-refractivity contribution is 5.92. The number of carbonyl (C=O) groups excluding carboxylic acids is 2. The van der Waals surface area contributed by atoms with E-state index >= 15 is 0 Å². The number of hydrogen-bond donors (Lipinski definition) is 0. The summed E-state index contributed by atoms with van der Waals surface area (Å²) in [7, 11) is 0. The summed E-state index contributed by atoms with van der Waals surface area (Å²) in [5.41, 5.74) is 1.95. The second-order valence-electron chi connectivity index (χ2n) is 8.13. The van der Waals surface area contributed by atoms with Gasteiger partial charge in [0.25, 0.3) is 11.8 Å². The van der Waals surface area contributed by atoms with Crippen molar-refractivity contribution in [1.82, 2.24) is 24.8 Å². The van der Waals surface area contributed by atoms with Gasteiger partial charge in [0.15, 0.2) is 5.69 Å². The van der Waals surface area contributed by atoms with Crippen LogP contribution in [0.25, 0.3) is 0 Å². The Hall–Kier alpha value is -2.88. The zero-order chi connectivity index (χ0) is 22.0. The van der Waals surface area contributed by atoms with Gasteiger partial charge in [0.05, 0.1) is 45.0 Å². The maximum atomic E-state index is 14.2. The molecule has 2 amide bonds. The zero-order valence-corrected chi connectivity index (χ0v) is 17.3. The van der Waals surface area contributed by atoms with Crippen LogP contribution < -0.4 is 0 Å². The molecule has 0 spiro atoms. The van der Waals surface area contributed by atoms with Gasteiger partial charge in [-0.3, -0.25) is 9.59 Å². The van der Waals surface area contributed by atoms with E-state index in [1.807, 2.05) is 31.2 Å². The molecule has 166 valence electrons. The van der Waals surface area contributed by atoms with Gasteiger partial charge in [-0.2, -0.15) is 0 Å². The fourth-order valence-electron chi connectivity index (χ4n) is 4.08. The molecule has 1 atom stereocenters. The monoisotopic (exact) mass is 433 g/mol. The molecule has 4 rings (SSSR count). The van der Waals surface area contributed by atoms with Gasteiger partial charge in [-0.25, -0.2) is 13.5 Å². The van der Waals surface area contributed by atoms with E-state index in [9.17, 15) is 18.4 Å². The Bertz CT molecular complexity index is 958. The third-order valence-electron chi connectivity index (χ3n) is 5.59. The summed E-state index contributed by atoms with van der Waals surface area (Å²) >= 11 is 0. The van der Waals surface area contributed by atoms with Gasteiger partial charge in [-0.1, -0.05) is 35.0 Å². The molecule has 2 aliphatic rings. The lowest BCUT2D eigenvalue weighted by atomic mass is 10.1. The summed E-state index contributed by atoms with van der Waals surface area (Å²) < 4.78 is 35.0. The molecule has 2 saturated heterocycles. The number of benzene rings is 1. The Morgan fingerprint density at radius 2 is 2.03 bits per heavy atom. The number of aromatic nitrogens is 3. The minimum atomic E-state index is -2.96. The van der Waals surface area contributed by atoms with Gasteiger partial charge in [0, 0.05) is 19.5 Å². The van der Waals surface area contributed by atoms with E-state index < -0.39 is 24.9 Å². The van der Waals surface area contributed by atoms with Crippen LogP contribution in [0.3, 0.4) is 0 Å². The molecule has 2 aromatic rings. The number of carbonyl (C=O) groups is 2. The zero-order valence-electron chi connectivity index (χ0n) is 17.3. The average Bonchev–Trinajstić information content (AvgIpc) is 3.32. The van der Waals surface area contributed by atoms with Gasteiger partial charge in [0.2, 0.25) is 5.91 Å². The fraction of sp³-hybridized carbons (Fsp3) is 0.524. The minimum absolute atomic E-state index is 0.0541. The first-order valence-electron chi connectivity index (χ1n) is 10.3. The Morgan fingerprint density at radius 3 is 2.77 bits per heavy atom. The minimum Gasteiger partial charge on any atom is -0.378 e. The molecular formula is C21H25F2N5O3. The summed E-state index contributed by atoms with van der Waals surface area (Å²) in [6.45, 7) is 3.24. The standard InChI is InChI=1S/C21H25F2N5O3/c1-15-3-2-4-16(9-15)10-19(29)28-14-21(22,23)11-17(28)12-27-13-18(24-25-27)20(30)26-5-7-31-8-6-26/h2-4,9,13,17H,5-8,10-12,14H2,1H3. The molecule has 8 nitrogen and oxygen atoms in total. The highest BCUT2D eigenvalue weighted by Crippen LogP contribution is 2.33. The molecule has 10 heteroatoms. The Balaban J connectivity index is 1.44. The second kappa shape index (κ2) is 8.70. The largest absolute Gasteiger partial charge is 0.378 e. The van der Waals surface area contributed by atoms with Gasteiger partial charge in [0.1, 0.15) is 0 Å². The number of morpholine rings is 1. The van der Waals surface area contributed by atoms with Crippen LogP contribution in [0.5, 0.6) is 0 Å². The molecule has 1 unspecified atom stereocenters. The Labute approximate surface area is 178 Å². The fourth-order valence-corrected chi connectivity index (χ4v) is 4.08. The molecule has 0 N–H and O–H groups in total. The molecule has 1 aromatic heterocycles. The SMILES string of the molecule is Cc1cccc(CC(=O)N2CC(F)(F)CC2Cn2cc(C(=O)N3CCOCC3)nn2)c1. The average molecular weight is 433 g/mol. The number of hydrogen-bond acceptors (Lipinski definition) is 5. The van der Waals surface area contributed by atoms with E-state index in [4.69, 9.17) is 4.74 Å². The highest BCUT2D eigenvalue weighted by atomic mass is 19.3. The maximum absolute atomic E-state index is 14.2. The summed E-state index contributed by atoms with van der Waals surface area (Å²) in [6, 6.07) is 6.73. The van der Waals surface area contributed by atoms with Crippen LogP contribution in [-0.2, 0) is 22.5 Å². The van der Waals surface area contributed by atoms with Crippen molar-refractivity contribution in [2.24, 2.45) is 0 Å². The first-order valence-corrected chi connectivity index (χ1v) is 10.3. The number of likely N-dealkylation sites (tertiary alicyclic amines) is 1. The van der Waals surface area contributed by atoms with Crippen molar-refractivity contribution in [3.05, 3.63) is 47.3 Å². The summed E-state index contributed by atoms with van der Waals surface area (Å²) in [5.74, 6) is -3.57. The van der Waals surface area contributed by atoms with Crippen LogP contribution >= 0.6 is 0 Å². The van der Waals surface area contributed by atoms with Crippen LogP contribution in [-0.4, -0.2) is 81.4 Å². The smallest absolute Gasteiger partial charge is 0.276 e. The third-order valence-corrected chi connectivity index (χ3v) is 5.59. The number of alkyl halides is 2. The Kier molecular flexibility index (Phi) is 5.99. The van der Waals surface area contributed by atoms with E-state index in [-0.39, 0.29) is 30.5 Å². The van der Waals surface area contributed by atoms with Gasteiger partial charge < -0.3 is 14.5 Å². The number of amides is 2. The molecule has 0 saturated carbocycles. The summed E-state index contributed by atoms with van der Waals surface area (Å²) in [4.78, 5) is 28.2. The van der Waals surface area contributed by atoms with Crippen molar-refractivity contribution >= 4 is 11.8 Å². The van der Waals surface area contributed by atoms with E-state index in [1.54, 1.807) is 4.90 Å². The van der Waals surface area contributed by atoms with E-state index in [1.165, 1.54) is 15.8 Å². The van der Waals surface area contributed by atoms with Crippen molar-refractivity contribution < 1.29 is 23.1 Å². The van der Waals surface area contributed by atoms with Crippen LogP contribution in [0, 0.1) is 6.92 Å². The molecule has 31 heavy (non-hydrogen) atoms. The van der Waals surface area contributed by atoms with E-state index in [0.717, 1.165) is 11.1 Å². The number of rotatable bonds is 5. The number of ether oxygens (including phenoxy) is 1. The first kappa shape index (κ1) is 21.4. The predicted molar refractivity (Wildman–Crippen MR) is 107 cm³/mol. The van der Waals surface area contributed by atoms with Gasteiger partial charge >= 0.3 is 0 Å². The number of nitrogens with zero attached hydrogens (tertiary/aromatic N) is 5. The number of aryl methyl sites for hydroxylation is 1. The van der Waals surface area contributed by atoms with Gasteiger partial charge in [-0.15, -0.1) is 5.10 Å². The quantitative estimate of drug-likeness (QED) is 0.715. The van der Waals surface area contributed by atoms with E-state index in [0.29, 0.717) is 26.3 Å².